The van der Waals surface area contributed by atoms with Crippen molar-refractivity contribution in [3.63, 3.8) is 0 Å². The quantitative estimate of drug-likeness (QED) is 0.0441. The van der Waals surface area contributed by atoms with Crippen LogP contribution in [0, 0.1) is 12.3 Å². The van der Waals surface area contributed by atoms with Crippen LogP contribution in [0.1, 0.15) is 96.8 Å². The van der Waals surface area contributed by atoms with Crippen molar-refractivity contribution in [3.05, 3.63) is 0 Å². The van der Waals surface area contributed by atoms with E-state index in [4.69, 9.17) is 53.8 Å². The van der Waals surface area contributed by atoms with Crippen molar-refractivity contribution in [2.75, 3.05) is 126 Å². The molecule has 0 aliphatic rings. The normalized spacial score (nSPS) is 11.2. The summed E-state index contributed by atoms with van der Waals surface area (Å²) in [5.74, 6) is 2.27. The molecule has 0 saturated carbocycles. The van der Waals surface area contributed by atoms with Crippen LogP contribution in [-0.2, 0) is 52.2 Å². The first-order valence-corrected chi connectivity index (χ1v) is 18.6. The molecule has 0 aromatic carbocycles. The summed E-state index contributed by atoms with van der Waals surface area (Å²) in [7, 11) is 0. The van der Waals surface area contributed by atoms with Crippen molar-refractivity contribution >= 4 is 5.97 Å². The van der Waals surface area contributed by atoms with Crippen LogP contribution in [0.15, 0.2) is 0 Å². The Balaban J connectivity index is 3.13. The maximum atomic E-state index is 11.8. The summed E-state index contributed by atoms with van der Waals surface area (Å²) in [6.07, 6.45) is 22.4. The number of hydrogen-bond acceptors (Lipinski definition) is 11. The highest BCUT2D eigenvalue weighted by Gasteiger charge is 2.03. The molecule has 0 fully saturated rings. The summed E-state index contributed by atoms with van der Waals surface area (Å²) in [5.41, 5.74) is 0. The molecular weight excluding hydrogens is 620 g/mol. The van der Waals surface area contributed by atoms with Gasteiger partial charge in [-0.2, -0.15) is 0 Å². The van der Waals surface area contributed by atoms with Crippen molar-refractivity contribution in [2.45, 2.75) is 96.8 Å². The molecule has 11 nitrogen and oxygen atoms in total. The molecule has 48 heavy (non-hydrogen) atoms. The number of ether oxygens (including phenoxy) is 10. The van der Waals surface area contributed by atoms with Crippen molar-refractivity contribution in [1.82, 2.24) is 0 Å². The van der Waals surface area contributed by atoms with E-state index in [9.17, 15) is 4.79 Å². The summed E-state index contributed by atoms with van der Waals surface area (Å²) in [5, 5.41) is 0. The maximum Gasteiger partial charge on any atom is 0.305 e. The number of hydrogen-bond donors (Lipinski definition) is 0. The van der Waals surface area contributed by atoms with Gasteiger partial charge in [-0.25, -0.2) is 0 Å². The molecule has 284 valence electrons. The van der Waals surface area contributed by atoms with Gasteiger partial charge < -0.3 is 47.4 Å². The zero-order chi connectivity index (χ0) is 34.7. The number of terminal acetylenes is 1. The molecule has 0 radical (unpaired) electrons. The van der Waals surface area contributed by atoms with E-state index in [0.29, 0.717) is 132 Å². The third-order valence-electron chi connectivity index (χ3n) is 7.14. The van der Waals surface area contributed by atoms with E-state index in [1.807, 2.05) is 0 Å². The van der Waals surface area contributed by atoms with Crippen LogP contribution in [0.5, 0.6) is 0 Å². The Kier molecular flexibility index (Phi) is 42.5. The highest BCUT2D eigenvalue weighted by atomic mass is 16.6. The van der Waals surface area contributed by atoms with Crippen molar-refractivity contribution in [2.24, 2.45) is 0 Å². The van der Waals surface area contributed by atoms with Crippen LogP contribution in [0.2, 0.25) is 0 Å². The second-order valence-corrected chi connectivity index (χ2v) is 11.4. The number of carbonyl (C=O) groups is 1. The van der Waals surface area contributed by atoms with Gasteiger partial charge >= 0.3 is 5.97 Å². The van der Waals surface area contributed by atoms with E-state index in [-0.39, 0.29) is 5.97 Å². The Morgan fingerprint density at radius 1 is 0.396 bits per heavy atom. The lowest BCUT2D eigenvalue weighted by atomic mass is 10.0. The van der Waals surface area contributed by atoms with Crippen LogP contribution < -0.4 is 0 Å². The lowest BCUT2D eigenvalue weighted by Gasteiger charge is -2.09. The van der Waals surface area contributed by atoms with Gasteiger partial charge in [-0.3, -0.25) is 4.79 Å². The number of rotatable bonds is 42. The third kappa shape index (κ3) is 42.7. The predicted octanol–water partition coefficient (Wildman–Crippen LogP) is 5.79. The average molecular weight is 691 g/mol. The zero-order valence-electron chi connectivity index (χ0n) is 30.4. The van der Waals surface area contributed by atoms with E-state index >= 15 is 0 Å². The first-order valence-electron chi connectivity index (χ1n) is 18.6. The second-order valence-electron chi connectivity index (χ2n) is 11.4. The molecule has 0 spiro atoms. The molecule has 0 heterocycles. The van der Waals surface area contributed by atoms with Gasteiger partial charge in [0.15, 0.2) is 0 Å². The zero-order valence-corrected chi connectivity index (χ0v) is 30.4. The number of unbranched alkanes of at least 4 members (excludes halogenated alkanes) is 12. The highest BCUT2D eigenvalue weighted by molar-refractivity contribution is 5.69. The van der Waals surface area contributed by atoms with Crippen LogP contribution >= 0.6 is 0 Å². The molecule has 0 saturated heterocycles. The lowest BCUT2D eigenvalue weighted by Crippen LogP contribution is -2.15. The molecule has 0 N–H and O–H groups in total. The van der Waals surface area contributed by atoms with Crippen LogP contribution in [0.3, 0.4) is 0 Å². The molecular formula is C37H70O11. The van der Waals surface area contributed by atoms with Crippen molar-refractivity contribution in [3.8, 4) is 12.3 Å². The van der Waals surface area contributed by atoms with Gasteiger partial charge in [0.2, 0.25) is 0 Å². The van der Waals surface area contributed by atoms with Crippen molar-refractivity contribution in [1.29, 1.82) is 0 Å². The smallest absolute Gasteiger partial charge is 0.305 e. The van der Waals surface area contributed by atoms with Gasteiger partial charge in [0.05, 0.1) is 112 Å². The Morgan fingerprint density at radius 2 is 0.667 bits per heavy atom. The minimum atomic E-state index is -0.131. The predicted molar refractivity (Wildman–Crippen MR) is 187 cm³/mol. The van der Waals surface area contributed by atoms with Gasteiger partial charge in [-0.1, -0.05) is 89.9 Å². The SMILES string of the molecule is C#CCOCCOCCOCCOCCOCCOCCOCCOCCOCCOC(=O)CCCCCCCCCCCCCCC. The molecule has 0 aromatic rings. The van der Waals surface area contributed by atoms with Crippen LogP contribution in [-0.4, -0.2) is 132 Å². The van der Waals surface area contributed by atoms with Gasteiger partial charge in [-0.05, 0) is 6.42 Å². The van der Waals surface area contributed by atoms with Crippen molar-refractivity contribution < 1.29 is 52.2 Å². The Bertz CT molecular complexity index is 660. The fourth-order valence-corrected chi connectivity index (χ4v) is 4.46. The Labute approximate surface area is 292 Å². The van der Waals surface area contributed by atoms with Crippen LogP contribution in [0.25, 0.3) is 0 Å². The third-order valence-corrected chi connectivity index (χ3v) is 7.14. The lowest BCUT2D eigenvalue weighted by molar-refractivity contribution is -0.145. The van der Waals surface area contributed by atoms with E-state index in [1.54, 1.807) is 0 Å². The first-order chi connectivity index (χ1) is 23.8. The first kappa shape index (κ1) is 46.7. The summed E-state index contributed by atoms with van der Waals surface area (Å²) in [4.78, 5) is 11.8. The molecule has 0 unspecified atom stereocenters. The van der Waals surface area contributed by atoms with E-state index < -0.39 is 0 Å². The van der Waals surface area contributed by atoms with E-state index in [2.05, 4.69) is 12.8 Å². The Morgan fingerprint density at radius 3 is 0.979 bits per heavy atom. The summed E-state index contributed by atoms with van der Waals surface area (Å²) in [6, 6.07) is 0. The van der Waals surface area contributed by atoms with Gasteiger partial charge in [0, 0.05) is 6.42 Å². The fraction of sp³-hybridized carbons (Fsp3) is 0.919. The molecule has 0 rings (SSSR count). The topological polar surface area (TPSA) is 109 Å². The number of esters is 1. The summed E-state index contributed by atoms with van der Waals surface area (Å²) >= 11 is 0. The number of carbonyl (C=O) groups excluding carboxylic acids is 1. The molecule has 0 aliphatic heterocycles. The molecule has 0 atom stereocenters. The second kappa shape index (κ2) is 43.7. The average Bonchev–Trinajstić information content (AvgIpc) is 3.09. The molecule has 0 amide bonds. The van der Waals surface area contributed by atoms with E-state index in [0.717, 1.165) is 12.8 Å². The fourth-order valence-electron chi connectivity index (χ4n) is 4.46. The van der Waals surface area contributed by atoms with Gasteiger partial charge in [-0.15, -0.1) is 6.42 Å². The maximum absolute atomic E-state index is 11.8. The minimum absolute atomic E-state index is 0.131. The molecule has 0 bridgehead atoms. The van der Waals surface area contributed by atoms with Gasteiger partial charge in [0.25, 0.3) is 0 Å². The molecule has 0 aliphatic carbocycles. The summed E-state index contributed by atoms with van der Waals surface area (Å²) in [6.45, 7) is 11.2. The monoisotopic (exact) mass is 690 g/mol. The largest absolute Gasteiger partial charge is 0.463 e. The molecule has 11 heteroatoms. The standard InChI is InChI=1S/C37H70O11/c1-3-5-6-7-8-9-10-11-12-13-14-15-16-17-37(38)48-36-35-47-34-33-46-32-31-45-30-29-44-28-27-43-26-25-42-24-23-41-22-21-40-20-19-39-18-4-2/h2H,3,5-36H2,1H3. The molecule has 0 aromatic heterocycles. The van der Waals surface area contributed by atoms with Gasteiger partial charge in [0.1, 0.15) is 13.2 Å². The van der Waals surface area contributed by atoms with Crippen LogP contribution in [0.4, 0.5) is 0 Å². The summed E-state index contributed by atoms with van der Waals surface area (Å²) < 4.78 is 53.9. The Hall–Kier alpha value is -1.33. The highest BCUT2D eigenvalue weighted by Crippen LogP contribution is 2.13. The van der Waals surface area contributed by atoms with E-state index in [1.165, 1.54) is 70.6 Å². The minimum Gasteiger partial charge on any atom is -0.463 e.